The third-order valence-corrected chi connectivity index (χ3v) is 8.98. The molecule has 4 heteroatoms. The molecule has 1 aliphatic heterocycles. The molecule has 1 aliphatic carbocycles. The fourth-order valence-corrected chi connectivity index (χ4v) is 7.17. The van der Waals surface area contributed by atoms with Crippen molar-refractivity contribution in [2.75, 3.05) is 26.7 Å². The van der Waals surface area contributed by atoms with Crippen molar-refractivity contribution in [3.8, 4) is 5.75 Å². The topological polar surface area (TPSA) is 32.7 Å². The molecule has 2 aliphatic rings. The zero-order valence-corrected chi connectivity index (χ0v) is 20.7. The average Bonchev–Trinajstić information content (AvgIpc) is 3.52. The van der Waals surface area contributed by atoms with Gasteiger partial charge in [-0.2, -0.15) is 0 Å². The standard InChI is InChI=1S/C29H37NO2S/c1-32-24-15-16-25-26(20-24)33-29(23-9-3-2-4-10-23)27(25)28(31)22-13-11-21(12-14-22)8-7-19-30-17-5-6-18-30/h11-16,20,23,28,31H,2-10,17-19H2,1H3. The van der Waals surface area contributed by atoms with E-state index in [0.29, 0.717) is 5.92 Å². The van der Waals surface area contributed by atoms with E-state index in [9.17, 15) is 5.11 Å². The summed E-state index contributed by atoms with van der Waals surface area (Å²) in [5.74, 6) is 1.45. The van der Waals surface area contributed by atoms with Crippen LogP contribution in [0.2, 0.25) is 0 Å². The molecule has 2 aromatic carbocycles. The SMILES string of the molecule is COc1ccc2c(C(O)c3ccc(CCCN4CCCC4)cc3)c(C3CCCCC3)sc2c1. The maximum atomic E-state index is 11.6. The minimum atomic E-state index is -0.581. The molecule has 1 unspecified atom stereocenters. The highest BCUT2D eigenvalue weighted by atomic mass is 32.1. The van der Waals surface area contributed by atoms with Crippen LogP contribution in [0.1, 0.15) is 85.0 Å². The second-order valence-corrected chi connectivity index (χ2v) is 11.0. The molecule has 5 rings (SSSR count). The molecule has 1 saturated carbocycles. The number of hydrogen-bond acceptors (Lipinski definition) is 4. The predicted octanol–water partition coefficient (Wildman–Crippen LogP) is 7.07. The number of likely N-dealkylation sites (tertiary alicyclic amines) is 1. The van der Waals surface area contributed by atoms with Gasteiger partial charge < -0.3 is 14.7 Å². The number of hydrogen-bond donors (Lipinski definition) is 1. The highest BCUT2D eigenvalue weighted by molar-refractivity contribution is 7.19. The molecular formula is C29H37NO2S. The average molecular weight is 464 g/mol. The van der Waals surface area contributed by atoms with Gasteiger partial charge in [0.25, 0.3) is 0 Å². The van der Waals surface area contributed by atoms with Crippen LogP contribution in [0.3, 0.4) is 0 Å². The molecule has 3 nitrogen and oxygen atoms in total. The number of ether oxygens (including phenoxy) is 1. The number of fused-ring (bicyclic) bond motifs is 1. The first-order valence-corrected chi connectivity index (χ1v) is 13.6. The summed E-state index contributed by atoms with van der Waals surface area (Å²) in [7, 11) is 1.72. The van der Waals surface area contributed by atoms with Crippen molar-refractivity contribution in [3.05, 3.63) is 64.0 Å². The summed E-state index contributed by atoms with van der Waals surface area (Å²) in [6.07, 6.45) is 10.9. The van der Waals surface area contributed by atoms with Crippen LogP contribution in [0.5, 0.6) is 5.75 Å². The molecule has 176 valence electrons. The Bertz CT molecular complexity index is 1050. The van der Waals surface area contributed by atoms with E-state index in [-0.39, 0.29) is 0 Å². The van der Waals surface area contributed by atoms with E-state index in [1.807, 2.05) is 17.4 Å². The van der Waals surface area contributed by atoms with E-state index < -0.39 is 6.10 Å². The van der Waals surface area contributed by atoms with Gasteiger partial charge in [-0.3, -0.25) is 0 Å². The van der Waals surface area contributed by atoms with Crippen LogP contribution in [-0.2, 0) is 6.42 Å². The molecule has 1 atom stereocenters. The van der Waals surface area contributed by atoms with Gasteiger partial charge in [-0.25, -0.2) is 0 Å². The normalized spacial score (nSPS) is 18.7. The molecule has 0 radical (unpaired) electrons. The van der Waals surface area contributed by atoms with Gasteiger partial charge in [0.05, 0.1) is 7.11 Å². The summed E-state index contributed by atoms with van der Waals surface area (Å²) in [5.41, 5.74) is 3.51. The van der Waals surface area contributed by atoms with Gasteiger partial charge in [-0.05, 0) is 98.8 Å². The van der Waals surface area contributed by atoms with Gasteiger partial charge in [0, 0.05) is 15.1 Å². The van der Waals surface area contributed by atoms with Crippen LogP contribution < -0.4 is 4.74 Å². The van der Waals surface area contributed by atoms with Crippen molar-refractivity contribution < 1.29 is 9.84 Å². The summed E-state index contributed by atoms with van der Waals surface area (Å²) < 4.78 is 6.71. The lowest BCUT2D eigenvalue weighted by Crippen LogP contribution is -2.20. The zero-order chi connectivity index (χ0) is 22.6. The molecule has 33 heavy (non-hydrogen) atoms. The van der Waals surface area contributed by atoms with Crippen LogP contribution in [-0.4, -0.2) is 36.8 Å². The van der Waals surface area contributed by atoms with Crippen LogP contribution in [0, 0.1) is 0 Å². The lowest BCUT2D eigenvalue weighted by Gasteiger charge is -2.23. The van der Waals surface area contributed by atoms with Gasteiger partial charge in [0.1, 0.15) is 11.9 Å². The number of rotatable bonds is 8. The Morgan fingerprint density at radius 2 is 1.76 bits per heavy atom. The summed E-state index contributed by atoms with van der Waals surface area (Å²) in [5, 5.41) is 12.8. The summed E-state index contributed by atoms with van der Waals surface area (Å²) in [6, 6.07) is 15.0. The van der Waals surface area contributed by atoms with Crippen LogP contribution >= 0.6 is 11.3 Å². The van der Waals surface area contributed by atoms with Gasteiger partial charge in [-0.1, -0.05) is 43.5 Å². The highest BCUT2D eigenvalue weighted by Crippen LogP contribution is 2.46. The second-order valence-electron chi connectivity index (χ2n) is 9.87. The van der Waals surface area contributed by atoms with Crippen LogP contribution in [0.4, 0.5) is 0 Å². The molecule has 0 amide bonds. The van der Waals surface area contributed by atoms with Gasteiger partial charge >= 0.3 is 0 Å². The molecule has 1 saturated heterocycles. The number of aliphatic hydroxyl groups is 1. The quantitative estimate of drug-likeness (QED) is 0.388. The number of methoxy groups -OCH3 is 1. The Morgan fingerprint density at radius 3 is 2.48 bits per heavy atom. The minimum Gasteiger partial charge on any atom is -0.497 e. The highest BCUT2D eigenvalue weighted by Gasteiger charge is 2.27. The molecular weight excluding hydrogens is 426 g/mol. The van der Waals surface area contributed by atoms with E-state index in [2.05, 4.69) is 41.3 Å². The predicted molar refractivity (Wildman–Crippen MR) is 139 cm³/mol. The van der Waals surface area contributed by atoms with Crippen LogP contribution in [0.25, 0.3) is 10.1 Å². The first-order chi connectivity index (χ1) is 16.2. The summed E-state index contributed by atoms with van der Waals surface area (Å²) in [6.45, 7) is 3.75. The van der Waals surface area contributed by atoms with Gasteiger partial charge in [-0.15, -0.1) is 11.3 Å². The monoisotopic (exact) mass is 463 g/mol. The molecule has 3 aromatic rings. The summed E-state index contributed by atoms with van der Waals surface area (Å²) in [4.78, 5) is 3.97. The fourth-order valence-electron chi connectivity index (χ4n) is 5.74. The number of aliphatic hydroxyl groups excluding tert-OH is 1. The van der Waals surface area contributed by atoms with Crippen molar-refractivity contribution in [1.82, 2.24) is 4.90 Å². The van der Waals surface area contributed by atoms with E-state index in [0.717, 1.165) is 23.3 Å². The summed E-state index contributed by atoms with van der Waals surface area (Å²) >= 11 is 1.86. The van der Waals surface area contributed by atoms with E-state index >= 15 is 0 Å². The Balaban J connectivity index is 1.37. The Labute approximate surface area is 202 Å². The third-order valence-electron chi connectivity index (χ3n) is 7.65. The third kappa shape index (κ3) is 5.13. The Morgan fingerprint density at radius 1 is 1.00 bits per heavy atom. The first-order valence-electron chi connectivity index (χ1n) is 12.8. The number of nitrogens with zero attached hydrogens (tertiary/aromatic N) is 1. The van der Waals surface area contributed by atoms with Crippen molar-refractivity contribution >= 4 is 21.4 Å². The second kappa shape index (κ2) is 10.6. The van der Waals surface area contributed by atoms with Gasteiger partial charge in [0.15, 0.2) is 0 Å². The Hall–Kier alpha value is -1.88. The lowest BCUT2D eigenvalue weighted by atomic mass is 9.84. The zero-order valence-electron chi connectivity index (χ0n) is 19.9. The number of thiophene rings is 1. The number of aryl methyl sites for hydroxylation is 1. The van der Waals surface area contributed by atoms with Crippen molar-refractivity contribution in [3.63, 3.8) is 0 Å². The smallest absolute Gasteiger partial charge is 0.120 e. The molecule has 0 spiro atoms. The molecule has 1 N–H and O–H groups in total. The Kier molecular flexibility index (Phi) is 7.34. The van der Waals surface area contributed by atoms with Crippen molar-refractivity contribution in [2.45, 2.75) is 69.8 Å². The van der Waals surface area contributed by atoms with E-state index in [1.54, 1.807) is 7.11 Å². The van der Waals surface area contributed by atoms with Gasteiger partial charge in [0.2, 0.25) is 0 Å². The fraction of sp³-hybridized carbons (Fsp3) is 0.517. The number of benzene rings is 2. The molecule has 0 bridgehead atoms. The lowest BCUT2D eigenvalue weighted by molar-refractivity contribution is 0.220. The maximum absolute atomic E-state index is 11.6. The molecule has 2 heterocycles. The van der Waals surface area contributed by atoms with Crippen LogP contribution in [0.15, 0.2) is 42.5 Å². The van der Waals surface area contributed by atoms with Crippen molar-refractivity contribution in [1.29, 1.82) is 0 Å². The largest absolute Gasteiger partial charge is 0.497 e. The van der Waals surface area contributed by atoms with E-state index in [4.69, 9.17) is 4.74 Å². The first kappa shape index (κ1) is 22.9. The maximum Gasteiger partial charge on any atom is 0.120 e. The van der Waals surface area contributed by atoms with Crippen molar-refractivity contribution in [2.24, 2.45) is 0 Å². The molecule has 1 aromatic heterocycles. The van der Waals surface area contributed by atoms with E-state index in [1.165, 1.54) is 91.5 Å². The molecule has 2 fully saturated rings. The minimum absolute atomic E-state index is 0.566.